The number of hydrogen-bond donors (Lipinski definition) is 0. The van der Waals surface area contributed by atoms with E-state index in [-0.39, 0.29) is 0 Å². The maximum Gasteiger partial charge on any atom is 0.0488 e. The molecule has 0 heterocycles. The fourth-order valence-electron chi connectivity index (χ4n) is 17.5. The standard InChI is InChI=1S/C107H74N4/c1-107(2)105-67-87(89-63-99(108(91-45-35-71-19-3-11-27-79(71)55-91)92-46-36-72-20-4-12-28-80(72)56-92)69-100(64-89)109(93-47-37-73-21-5-13-29-81(73)57-93)94-48-38-74-22-6-14-30-82(74)58-94)43-53-103(105)104-54-44-88(68-106(104)107)90-65-101(110(95-49-39-75-23-7-15-31-83(75)59-95)96-50-40-76-24-8-16-32-84(76)60-96)70-102(66-90)111(97-51-41-77-25-9-17-33-85(77)61-97)98-52-42-78-26-10-18-34-86(78)62-98/h3-70H,1-2H3. The predicted molar refractivity (Wildman–Crippen MR) is 474 cm³/mol. The molecule has 1 aliphatic carbocycles. The molecule has 0 N–H and O–H groups in total. The third kappa shape index (κ3) is 11.7. The highest BCUT2D eigenvalue weighted by Crippen LogP contribution is 2.54. The average Bonchev–Trinajstić information content (AvgIpc) is 1.57. The van der Waals surface area contributed by atoms with Gasteiger partial charge in [-0.3, -0.25) is 0 Å². The van der Waals surface area contributed by atoms with Crippen molar-refractivity contribution in [3.8, 4) is 33.4 Å². The highest BCUT2D eigenvalue weighted by Gasteiger charge is 2.37. The number of nitrogens with zero attached hydrogens (tertiary/aromatic N) is 4. The molecular weight excluding hydrogens is 1340 g/mol. The van der Waals surface area contributed by atoms with E-state index in [0.717, 1.165) is 90.5 Å². The summed E-state index contributed by atoms with van der Waals surface area (Å²) in [4.78, 5) is 9.86. The fraction of sp³-hybridized carbons (Fsp3) is 0.0280. The first-order valence-electron chi connectivity index (χ1n) is 38.4. The molecule has 0 bridgehead atoms. The third-order valence-electron chi connectivity index (χ3n) is 23.1. The van der Waals surface area contributed by atoms with Gasteiger partial charge in [-0.15, -0.1) is 0 Å². The molecule has 0 unspecified atom stereocenters. The smallest absolute Gasteiger partial charge is 0.0488 e. The van der Waals surface area contributed by atoms with Crippen LogP contribution in [0.1, 0.15) is 25.0 Å². The second-order valence-electron chi connectivity index (χ2n) is 30.2. The first-order chi connectivity index (χ1) is 54.7. The second-order valence-corrected chi connectivity index (χ2v) is 30.2. The minimum Gasteiger partial charge on any atom is -0.310 e. The van der Waals surface area contributed by atoms with Crippen LogP contribution in [0.4, 0.5) is 68.2 Å². The topological polar surface area (TPSA) is 13.0 Å². The van der Waals surface area contributed by atoms with Crippen LogP contribution >= 0.6 is 0 Å². The highest BCUT2D eigenvalue weighted by molar-refractivity contribution is 6.02. The second kappa shape index (κ2) is 26.6. The molecule has 0 saturated heterocycles. The van der Waals surface area contributed by atoms with Crippen LogP contribution in [0.2, 0.25) is 0 Å². The first kappa shape index (κ1) is 65.0. The van der Waals surface area contributed by atoms with E-state index in [1.807, 2.05) is 0 Å². The predicted octanol–water partition coefficient (Wildman–Crippen LogP) is 30.4. The van der Waals surface area contributed by atoms with E-state index in [2.05, 4.69) is 446 Å². The molecule has 522 valence electrons. The summed E-state index contributed by atoms with van der Waals surface area (Å²) < 4.78 is 0. The molecule has 0 atom stereocenters. The molecule has 20 aromatic rings. The monoisotopic (exact) mass is 1410 g/mol. The summed E-state index contributed by atoms with van der Waals surface area (Å²) in [5.74, 6) is 0. The Morgan fingerprint density at radius 2 is 0.324 bits per heavy atom. The Morgan fingerprint density at radius 3 is 0.514 bits per heavy atom. The zero-order valence-electron chi connectivity index (χ0n) is 61.5. The average molecular weight is 1420 g/mol. The lowest BCUT2D eigenvalue weighted by atomic mass is 9.80. The van der Waals surface area contributed by atoms with E-state index in [1.54, 1.807) is 0 Å². The Labute approximate surface area is 646 Å². The van der Waals surface area contributed by atoms with Gasteiger partial charge in [0.25, 0.3) is 0 Å². The summed E-state index contributed by atoms with van der Waals surface area (Å²) >= 11 is 0. The first-order valence-corrected chi connectivity index (χ1v) is 38.4. The molecule has 0 aliphatic heterocycles. The molecule has 0 fully saturated rings. The van der Waals surface area contributed by atoms with Crippen LogP contribution < -0.4 is 19.6 Å². The molecule has 0 aromatic heterocycles. The van der Waals surface area contributed by atoms with E-state index in [0.29, 0.717) is 0 Å². The third-order valence-corrected chi connectivity index (χ3v) is 23.1. The normalized spacial score (nSPS) is 12.3. The van der Waals surface area contributed by atoms with E-state index >= 15 is 0 Å². The van der Waals surface area contributed by atoms with Crippen molar-refractivity contribution in [1.29, 1.82) is 0 Å². The largest absolute Gasteiger partial charge is 0.310 e. The van der Waals surface area contributed by atoms with Crippen molar-refractivity contribution in [1.82, 2.24) is 0 Å². The van der Waals surface area contributed by atoms with Crippen LogP contribution in [0.15, 0.2) is 413 Å². The lowest BCUT2D eigenvalue weighted by Gasteiger charge is -2.31. The molecule has 0 radical (unpaired) electrons. The van der Waals surface area contributed by atoms with Crippen molar-refractivity contribution < 1.29 is 0 Å². The van der Waals surface area contributed by atoms with Crippen LogP contribution in [-0.2, 0) is 5.41 Å². The van der Waals surface area contributed by atoms with Gasteiger partial charge in [-0.1, -0.05) is 281 Å². The van der Waals surface area contributed by atoms with E-state index in [1.165, 1.54) is 108 Å². The van der Waals surface area contributed by atoms with Gasteiger partial charge in [0, 0.05) is 73.7 Å². The number of anilines is 12. The van der Waals surface area contributed by atoms with Crippen molar-refractivity contribution in [2.45, 2.75) is 19.3 Å². The van der Waals surface area contributed by atoms with Gasteiger partial charge in [0.1, 0.15) is 0 Å². The fourth-order valence-corrected chi connectivity index (χ4v) is 17.5. The zero-order valence-corrected chi connectivity index (χ0v) is 61.5. The SMILES string of the molecule is CC1(C)c2cc(-c3cc(N(c4ccc5ccccc5c4)c4ccc5ccccc5c4)cc(N(c4ccc5ccccc5c4)c4ccc5ccccc5c4)c3)ccc2-c2ccc(-c3cc(N(c4ccc5ccccc5c4)c4ccc5ccccc5c4)cc(N(c4ccc5ccccc5c4)c4ccc5ccccc5c4)c3)cc21. The highest BCUT2D eigenvalue weighted by atomic mass is 15.2. The van der Waals surface area contributed by atoms with Gasteiger partial charge >= 0.3 is 0 Å². The minimum atomic E-state index is -0.424. The summed E-state index contributed by atoms with van der Waals surface area (Å²) in [6, 6.07) is 154. The van der Waals surface area contributed by atoms with E-state index in [9.17, 15) is 0 Å². The van der Waals surface area contributed by atoms with Crippen LogP contribution in [0.25, 0.3) is 120 Å². The number of benzene rings is 20. The Balaban J connectivity index is 0.754. The van der Waals surface area contributed by atoms with Crippen LogP contribution in [-0.4, -0.2) is 0 Å². The van der Waals surface area contributed by atoms with Gasteiger partial charge in [-0.05, 0) is 276 Å². The molecule has 21 rings (SSSR count). The minimum absolute atomic E-state index is 0.424. The molecule has 1 aliphatic rings. The molecule has 0 spiro atoms. The molecule has 4 heteroatoms. The van der Waals surface area contributed by atoms with Crippen molar-refractivity contribution >= 4 is 154 Å². The number of rotatable bonds is 14. The van der Waals surface area contributed by atoms with Gasteiger partial charge < -0.3 is 19.6 Å². The van der Waals surface area contributed by atoms with Crippen molar-refractivity contribution in [2.75, 3.05) is 19.6 Å². The molecule has 4 nitrogen and oxygen atoms in total. The molecule has 0 saturated carbocycles. The van der Waals surface area contributed by atoms with Crippen molar-refractivity contribution in [2.24, 2.45) is 0 Å². The summed E-state index contributed by atoms with van der Waals surface area (Å²) in [5.41, 5.74) is 21.8. The van der Waals surface area contributed by atoms with Crippen LogP contribution in [0.5, 0.6) is 0 Å². The maximum absolute atomic E-state index is 2.50. The Kier molecular flexibility index (Phi) is 15.6. The van der Waals surface area contributed by atoms with Crippen molar-refractivity contribution in [3.05, 3.63) is 424 Å². The van der Waals surface area contributed by atoms with E-state index < -0.39 is 5.41 Å². The Bertz CT molecular complexity index is 6030. The Hall–Kier alpha value is -14.3. The molecule has 20 aromatic carbocycles. The van der Waals surface area contributed by atoms with Gasteiger partial charge in [-0.25, -0.2) is 0 Å². The summed E-state index contributed by atoms with van der Waals surface area (Å²) in [6.45, 7) is 4.86. The quantitative estimate of drug-likeness (QED) is 0.108. The van der Waals surface area contributed by atoms with Gasteiger partial charge in [0.05, 0.1) is 0 Å². The van der Waals surface area contributed by atoms with Crippen LogP contribution in [0.3, 0.4) is 0 Å². The van der Waals surface area contributed by atoms with Crippen LogP contribution in [0, 0.1) is 0 Å². The lowest BCUT2D eigenvalue weighted by Crippen LogP contribution is -2.15. The summed E-state index contributed by atoms with van der Waals surface area (Å²) in [7, 11) is 0. The van der Waals surface area contributed by atoms with Gasteiger partial charge in [0.15, 0.2) is 0 Å². The molecule has 0 amide bonds. The van der Waals surface area contributed by atoms with E-state index in [4.69, 9.17) is 0 Å². The Morgan fingerprint density at radius 1 is 0.144 bits per heavy atom. The lowest BCUT2D eigenvalue weighted by molar-refractivity contribution is 0.661. The van der Waals surface area contributed by atoms with Crippen molar-refractivity contribution in [3.63, 3.8) is 0 Å². The summed E-state index contributed by atoms with van der Waals surface area (Å²) in [5, 5.41) is 19.0. The zero-order chi connectivity index (χ0) is 73.7. The molecular formula is C107H74N4. The maximum atomic E-state index is 2.50. The van der Waals surface area contributed by atoms with Gasteiger partial charge in [-0.2, -0.15) is 0 Å². The molecule has 111 heavy (non-hydrogen) atoms. The number of fused-ring (bicyclic) bond motifs is 11. The number of hydrogen-bond acceptors (Lipinski definition) is 4. The van der Waals surface area contributed by atoms with Gasteiger partial charge in [0.2, 0.25) is 0 Å². The summed E-state index contributed by atoms with van der Waals surface area (Å²) in [6.07, 6.45) is 0.